The molecule has 0 spiro atoms. The molecule has 1 heteroatoms. The molecule has 68 valence electrons. The van der Waals surface area contributed by atoms with Crippen LogP contribution in [0.3, 0.4) is 0 Å². The molecule has 0 bridgehead atoms. The van der Waals surface area contributed by atoms with Crippen LogP contribution in [0.15, 0.2) is 24.3 Å². The lowest BCUT2D eigenvalue weighted by molar-refractivity contribution is -0.111. The highest BCUT2D eigenvalue weighted by molar-refractivity contribution is 5.55. The van der Waals surface area contributed by atoms with E-state index < -0.39 is 0 Å². The zero-order valence-electron chi connectivity index (χ0n) is 7.70. The Bertz CT molecular complexity index is 304. The Hall–Kier alpha value is -1.11. The zero-order valence-corrected chi connectivity index (χ0v) is 7.70. The molecule has 0 saturated heterocycles. The number of rotatable bonds is 1. The first-order chi connectivity index (χ1) is 6.40. The van der Waals surface area contributed by atoms with Crippen molar-refractivity contribution < 1.29 is 4.79 Å². The van der Waals surface area contributed by atoms with Crippen molar-refractivity contribution in [3.8, 4) is 0 Å². The van der Waals surface area contributed by atoms with Gasteiger partial charge < -0.3 is 4.79 Å². The number of fused-ring (bicyclic) bond motifs is 1. The maximum absolute atomic E-state index is 10.7. The van der Waals surface area contributed by atoms with Gasteiger partial charge in [0.05, 0.1) is 0 Å². The van der Waals surface area contributed by atoms with Crippen LogP contribution in [0.5, 0.6) is 0 Å². The van der Waals surface area contributed by atoms with E-state index in [0.29, 0.717) is 0 Å². The zero-order chi connectivity index (χ0) is 9.10. The molecule has 1 nitrogen and oxygen atoms in total. The molecule has 2 rings (SSSR count). The summed E-state index contributed by atoms with van der Waals surface area (Å²) >= 11 is 0. The van der Waals surface area contributed by atoms with Gasteiger partial charge in [-0.25, -0.2) is 0 Å². The highest BCUT2D eigenvalue weighted by Crippen LogP contribution is 2.22. The summed E-state index contributed by atoms with van der Waals surface area (Å²) in [5.74, 6) is 0.253. The molecule has 1 unspecified atom stereocenters. The summed E-state index contributed by atoms with van der Waals surface area (Å²) in [6, 6.07) is 8.48. The van der Waals surface area contributed by atoms with Crippen LogP contribution < -0.4 is 0 Å². The average Bonchev–Trinajstić information content (AvgIpc) is 2.38. The average molecular weight is 174 g/mol. The third-order valence-electron chi connectivity index (χ3n) is 2.81. The highest BCUT2D eigenvalue weighted by atomic mass is 16.1. The van der Waals surface area contributed by atoms with Crippen molar-refractivity contribution >= 4 is 6.29 Å². The maximum atomic E-state index is 10.7. The second-order valence-corrected chi connectivity index (χ2v) is 3.76. The van der Waals surface area contributed by atoms with Crippen molar-refractivity contribution in [2.75, 3.05) is 0 Å². The van der Waals surface area contributed by atoms with Crippen molar-refractivity contribution in [2.45, 2.75) is 25.7 Å². The van der Waals surface area contributed by atoms with Gasteiger partial charge in [0.2, 0.25) is 0 Å². The number of aldehydes is 1. The molecule has 0 amide bonds. The first-order valence-electron chi connectivity index (χ1n) is 4.92. The van der Waals surface area contributed by atoms with Crippen LogP contribution in [-0.4, -0.2) is 6.29 Å². The van der Waals surface area contributed by atoms with E-state index in [0.717, 1.165) is 32.0 Å². The second kappa shape index (κ2) is 3.73. The maximum Gasteiger partial charge on any atom is 0.123 e. The Balaban J connectivity index is 2.28. The summed E-state index contributed by atoms with van der Waals surface area (Å²) < 4.78 is 0. The Morgan fingerprint density at radius 2 is 2.00 bits per heavy atom. The summed E-state index contributed by atoms with van der Waals surface area (Å²) in [7, 11) is 0. The molecule has 1 aromatic rings. The van der Waals surface area contributed by atoms with Crippen LogP contribution in [0.2, 0.25) is 0 Å². The smallest absolute Gasteiger partial charge is 0.123 e. The van der Waals surface area contributed by atoms with Crippen molar-refractivity contribution in [3.63, 3.8) is 0 Å². The third-order valence-corrected chi connectivity index (χ3v) is 2.81. The monoisotopic (exact) mass is 174 g/mol. The lowest BCUT2D eigenvalue weighted by atomic mass is 9.98. The van der Waals surface area contributed by atoms with Crippen molar-refractivity contribution in [2.24, 2.45) is 5.92 Å². The van der Waals surface area contributed by atoms with Gasteiger partial charge in [0.1, 0.15) is 6.29 Å². The Morgan fingerprint density at radius 3 is 2.77 bits per heavy atom. The molecule has 0 aromatic heterocycles. The minimum Gasteiger partial charge on any atom is -0.303 e. The number of aryl methyl sites for hydroxylation is 1. The summed E-state index contributed by atoms with van der Waals surface area (Å²) in [6.07, 6.45) is 5.40. The van der Waals surface area contributed by atoms with Gasteiger partial charge in [-0.05, 0) is 36.8 Å². The van der Waals surface area contributed by atoms with Crippen molar-refractivity contribution in [1.29, 1.82) is 0 Å². The molecule has 1 atom stereocenters. The number of hydrogen-bond acceptors (Lipinski definition) is 1. The minimum atomic E-state index is 0.253. The molecule has 0 N–H and O–H groups in total. The fourth-order valence-corrected chi connectivity index (χ4v) is 2.06. The number of benzene rings is 1. The lowest BCUT2D eigenvalue weighted by Gasteiger charge is -2.06. The van der Waals surface area contributed by atoms with E-state index in [9.17, 15) is 4.79 Å². The fourth-order valence-electron chi connectivity index (χ4n) is 2.06. The summed E-state index contributed by atoms with van der Waals surface area (Å²) in [6.45, 7) is 0. The van der Waals surface area contributed by atoms with Gasteiger partial charge in [-0.1, -0.05) is 24.3 Å². The standard InChI is InChI=1S/C12H14O/c13-9-10-4-3-7-11-5-1-2-6-12(11)8-10/h1-2,5-6,9-10H,3-4,7-8H2. The van der Waals surface area contributed by atoms with E-state index in [1.165, 1.54) is 11.1 Å². The predicted molar refractivity (Wildman–Crippen MR) is 52.6 cm³/mol. The molecule has 0 saturated carbocycles. The minimum absolute atomic E-state index is 0.253. The largest absolute Gasteiger partial charge is 0.303 e. The molecular formula is C12H14O. The van der Waals surface area contributed by atoms with Crippen LogP contribution in [0, 0.1) is 5.92 Å². The molecule has 0 fully saturated rings. The molecule has 1 aliphatic rings. The van der Waals surface area contributed by atoms with E-state index in [4.69, 9.17) is 0 Å². The Morgan fingerprint density at radius 1 is 1.23 bits per heavy atom. The van der Waals surface area contributed by atoms with Gasteiger partial charge in [-0.2, -0.15) is 0 Å². The van der Waals surface area contributed by atoms with Crippen LogP contribution in [-0.2, 0) is 17.6 Å². The van der Waals surface area contributed by atoms with E-state index in [-0.39, 0.29) is 5.92 Å². The number of carbonyl (C=O) groups excluding carboxylic acids is 1. The molecule has 0 heterocycles. The van der Waals surface area contributed by atoms with Gasteiger partial charge >= 0.3 is 0 Å². The SMILES string of the molecule is O=CC1CCCc2ccccc2C1. The molecule has 1 aliphatic carbocycles. The van der Waals surface area contributed by atoms with Gasteiger partial charge in [0.25, 0.3) is 0 Å². The van der Waals surface area contributed by atoms with Gasteiger partial charge in [-0.15, -0.1) is 0 Å². The molecule has 0 radical (unpaired) electrons. The van der Waals surface area contributed by atoms with Crippen molar-refractivity contribution in [1.82, 2.24) is 0 Å². The van der Waals surface area contributed by atoms with E-state index in [1.807, 2.05) is 0 Å². The summed E-state index contributed by atoms with van der Waals surface area (Å²) in [5.41, 5.74) is 2.81. The van der Waals surface area contributed by atoms with Crippen LogP contribution in [0.4, 0.5) is 0 Å². The highest BCUT2D eigenvalue weighted by Gasteiger charge is 2.14. The molecular weight excluding hydrogens is 160 g/mol. The van der Waals surface area contributed by atoms with Crippen LogP contribution in [0.25, 0.3) is 0 Å². The first-order valence-corrected chi connectivity index (χ1v) is 4.92. The first kappa shape index (κ1) is 8.49. The van der Waals surface area contributed by atoms with Crippen LogP contribution in [0.1, 0.15) is 24.0 Å². The van der Waals surface area contributed by atoms with E-state index in [2.05, 4.69) is 24.3 Å². The number of carbonyl (C=O) groups is 1. The quantitative estimate of drug-likeness (QED) is 0.472. The molecule has 0 aliphatic heterocycles. The summed E-state index contributed by atoms with van der Waals surface area (Å²) in [4.78, 5) is 10.7. The van der Waals surface area contributed by atoms with E-state index in [1.54, 1.807) is 0 Å². The Kier molecular flexibility index (Phi) is 2.44. The fraction of sp³-hybridized carbons (Fsp3) is 0.417. The molecule has 1 aromatic carbocycles. The topological polar surface area (TPSA) is 17.1 Å². The third kappa shape index (κ3) is 1.80. The van der Waals surface area contributed by atoms with Gasteiger partial charge in [-0.3, -0.25) is 0 Å². The van der Waals surface area contributed by atoms with Gasteiger partial charge in [0.15, 0.2) is 0 Å². The summed E-state index contributed by atoms with van der Waals surface area (Å²) in [5, 5.41) is 0. The molecule has 13 heavy (non-hydrogen) atoms. The lowest BCUT2D eigenvalue weighted by Crippen LogP contribution is -2.03. The normalized spacial score (nSPS) is 21.7. The Labute approximate surface area is 78.8 Å². The van der Waals surface area contributed by atoms with Gasteiger partial charge in [0, 0.05) is 5.92 Å². The number of hydrogen-bond donors (Lipinski definition) is 0. The van der Waals surface area contributed by atoms with Crippen LogP contribution >= 0.6 is 0 Å². The second-order valence-electron chi connectivity index (χ2n) is 3.76. The van der Waals surface area contributed by atoms with E-state index >= 15 is 0 Å². The predicted octanol–water partition coefficient (Wildman–Crippen LogP) is 2.38. The van der Waals surface area contributed by atoms with Crippen molar-refractivity contribution in [3.05, 3.63) is 35.4 Å².